The molecule has 0 saturated carbocycles. The van der Waals surface area contributed by atoms with E-state index in [-0.39, 0.29) is 28.7 Å². The summed E-state index contributed by atoms with van der Waals surface area (Å²) in [6.07, 6.45) is 3.69. The van der Waals surface area contributed by atoms with Crippen LogP contribution in [0.15, 0.2) is 18.2 Å². The molecule has 0 aromatic heterocycles. The second-order valence-electron chi connectivity index (χ2n) is 10.3. The number of hydrogen-bond donors (Lipinski definition) is 2. The van der Waals surface area contributed by atoms with Crippen LogP contribution >= 0.6 is 0 Å². The first kappa shape index (κ1) is 25.1. The summed E-state index contributed by atoms with van der Waals surface area (Å²) < 4.78 is 11.7. The van der Waals surface area contributed by atoms with Crippen molar-refractivity contribution in [3.63, 3.8) is 0 Å². The molecule has 1 aromatic carbocycles. The Kier molecular flexibility index (Phi) is 7.74. The number of non-ortho nitro benzene ring substituents is 1. The molecule has 2 fully saturated rings. The second kappa shape index (κ2) is 10.2. The van der Waals surface area contributed by atoms with Crippen LogP contribution in [0.2, 0.25) is 0 Å². The van der Waals surface area contributed by atoms with Crippen molar-refractivity contribution < 1.29 is 34.6 Å². The lowest BCUT2D eigenvalue weighted by Crippen LogP contribution is -2.86. The van der Waals surface area contributed by atoms with Gasteiger partial charge in [-0.2, -0.15) is 0 Å². The Balaban J connectivity index is 1.85. The van der Waals surface area contributed by atoms with Gasteiger partial charge in [0.2, 0.25) is 0 Å². The summed E-state index contributed by atoms with van der Waals surface area (Å²) in [7, 11) is 0. The summed E-state index contributed by atoms with van der Waals surface area (Å²) >= 11 is 0. The minimum atomic E-state index is -0.755. The zero-order chi connectivity index (χ0) is 24.2. The Morgan fingerprint density at radius 2 is 1.27 bits per heavy atom. The molecule has 4 N–H and O–H groups in total. The largest absolute Gasteiger partial charge is 0.456 e. The number of piperidine rings is 2. The number of carbonyl (C=O) groups excluding carboxylic acids is 2. The molecule has 182 valence electrons. The molecule has 0 atom stereocenters. The van der Waals surface area contributed by atoms with Gasteiger partial charge in [0.1, 0.15) is 11.2 Å². The standard InChI is InChI=1S/C24H35N3O6/c1-23(2,16-7-11-25-12-8-16)32-21(28)19-6-5-18(27(30)31)15-20(19)22(29)33-24(3,4)17-9-13-26-14-10-17/h5-6,15-17,25-26H,7-14H2,1-4H3/p+2. The van der Waals surface area contributed by atoms with E-state index in [4.69, 9.17) is 9.47 Å². The Bertz CT molecular complexity index is 886. The van der Waals surface area contributed by atoms with Gasteiger partial charge in [-0.25, -0.2) is 9.59 Å². The van der Waals surface area contributed by atoms with Crippen LogP contribution < -0.4 is 10.6 Å². The Hall–Kier alpha value is -2.52. The molecule has 0 amide bonds. The van der Waals surface area contributed by atoms with Gasteiger partial charge in [-0.1, -0.05) is 0 Å². The zero-order valence-electron chi connectivity index (χ0n) is 20.1. The highest BCUT2D eigenvalue weighted by molar-refractivity contribution is 6.04. The fourth-order valence-corrected chi connectivity index (χ4v) is 4.99. The molecule has 1 aromatic rings. The molecule has 0 bridgehead atoms. The minimum absolute atomic E-state index is 0.00572. The monoisotopic (exact) mass is 463 g/mol. The van der Waals surface area contributed by atoms with Gasteiger partial charge in [-0.05, 0) is 33.8 Å². The third-order valence-corrected chi connectivity index (χ3v) is 7.21. The van der Waals surface area contributed by atoms with Crippen LogP contribution in [-0.4, -0.2) is 54.2 Å². The Morgan fingerprint density at radius 3 is 1.70 bits per heavy atom. The van der Waals surface area contributed by atoms with Crippen LogP contribution in [0.4, 0.5) is 5.69 Å². The van der Waals surface area contributed by atoms with Crippen LogP contribution in [0, 0.1) is 22.0 Å². The summed E-state index contributed by atoms with van der Waals surface area (Å²) in [6, 6.07) is 3.63. The Labute approximate surface area is 194 Å². The highest BCUT2D eigenvalue weighted by Crippen LogP contribution is 2.32. The summed E-state index contributed by atoms with van der Waals surface area (Å²) in [5.41, 5.74) is -1.88. The molecule has 0 unspecified atom stereocenters. The van der Waals surface area contributed by atoms with Crippen molar-refractivity contribution in [2.75, 3.05) is 26.2 Å². The number of nitrogens with zero attached hydrogens (tertiary/aromatic N) is 1. The SMILES string of the molecule is CC(C)(OC(=O)c1ccc([N+](=O)[O-])cc1C(=O)OC(C)(C)C1CC[NH2+]CC1)C1CC[NH2+]CC1. The van der Waals surface area contributed by atoms with E-state index in [0.717, 1.165) is 57.9 Å². The maximum absolute atomic E-state index is 13.2. The molecule has 33 heavy (non-hydrogen) atoms. The molecule has 0 spiro atoms. The number of carbonyl (C=O) groups is 2. The van der Waals surface area contributed by atoms with Crippen LogP contribution in [0.25, 0.3) is 0 Å². The zero-order valence-corrected chi connectivity index (χ0v) is 20.1. The van der Waals surface area contributed by atoms with E-state index in [9.17, 15) is 19.7 Å². The average molecular weight is 464 g/mol. The first-order valence-corrected chi connectivity index (χ1v) is 11.9. The van der Waals surface area contributed by atoms with Gasteiger partial charge in [-0.15, -0.1) is 0 Å². The number of rotatable bonds is 7. The van der Waals surface area contributed by atoms with Gasteiger partial charge in [0, 0.05) is 49.7 Å². The van der Waals surface area contributed by atoms with Gasteiger partial charge in [0.15, 0.2) is 0 Å². The quantitative estimate of drug-likeness (QED) is 0.357. The van der Waals surface area contributed by atoms with Gasteiger partial charge in [-0.3, -0.25) is 10.1 Å². The van der Waals surface area contributed by atoms with Crippen molar-refractivity contribution in [1.29, 1.82) is 0 Å². The number of nitro groups is 1. The molecule has 2 saturated heterocycles. The van der Waals surface area contributed by atoms with Gasteiger partial charge < -0.3 is 20.1 Å². The third-order valence-electron chi connectivity index (χ3n) is 7.21. The summed E-state index contributed by atoms with van der Waals surface area (Å²) in [5.74, 6) is -1.01. The van der Waals surface area contributed by atoms with Crippen LogP contribution in [0.5, 0.6) is 0 Å². The number of nitro benzene ring substituents is 1. The highest BCUT2D eigenvalue weighted by Gasteiger charge is 2.39. The molecular formula is C24H37N3O6+2. The minimum Gasteiger partial charge on any atom is -0.456 e. The second-order valence-corrected chi connectivity index (χ2v) is 10.3. The number of benzene rings is 1. The molecule has 2 aliphatic rings. The number of quaternary nitrogens is 2. The van der Waals surface area contributed by atoms with Crippen molar-refractivity contribution in [2.24, 2.45) is 11.8 Å². The molecule has 2 aliphatic heterocycles. The van der Waals surface area contributed by atoms with Crippen LogP contribution in [0.1, 0.15) is 74.1 Å². The van der Waals surface area contributed by atoms with Crippen molar-refractivity contribution in [1.82, 2.24) is 0 Å². The topological polar surface area (TPSA) is 129 Å². The van der Waals surface area contributed by atoms with Crippen molar-refractivity contribution in [3.8, 4) is 0 Å². The summed E-state index contributed by atoms with van der Waals surface area (Å²) in [6.45, 7) is 11.4. The summed E-state index contributed by atoms with van der Waals surface area (Å²) in [5, 5.41) is 15.8. The van der Waals surface area contributed by atoms with E-state index < -0.39 is 28.1 Å². The van der Waals surface area contributed by atoms with E-state index >= 15 is 0 Å². The number of ether oxygens (including phenoxy) is 2. The lowest BCUT2D eigenvalue weighted by atomic mass is 9.83. The van der Waals surface area contributed by atoms with Crippen LogP contribution in [0.3, 0.4) is 0 Å². The van der Waals surface area contributed by atoms with E-state index in [1.807, 2.05) is 27.7 Å². The lowest BCUT2D eigenvalue weighted by molar-refractivity contribution is -0.666. The molecule has 0 aliphatic carbocycles. The smallest absolute Gasteiger partial charge is 0.339 e. The van der Waals surface area contributed by atoms with Gasteiger partial charge >= 0.3 is 11.9 Å². The van der Waals surface area contributed by atoms with Crippen molar-refractivity contribution in [2.45, 2.75) is 64.6 Å². The summed E-state index contributed by atoms with van der Waals surface area (Å²) in [4.78, 5) is 37.1. The number of nitrogens with two attached hydrogens (primary N) is 2. The molecular weight excluding hydrogens is 426 g/mol. The maximum atomic E-state index is 13.2. The van der Waals surface area contributed by atoms with E-state index in [1.165, 1.54) is 12.1 Å². The molecule has 2 heterocycles. The first-order chi connectivity index (χ1) is 15.5. The molecule has 3 rings (SSSR count). The van der Waals surface area contributed by atoms with Crippen LogP contribution in [-0.2, 0) is 9.47 Å². The van der Waals surface area contributed by atoms with E-state index in [2.05, 4.69) is 10.6 Å². The fourth-order valence-electron chi connectivity index (χ4n) is 4.99. The van der Waals surface area contributed by atoms with Gasteiger partial charge in [0.05, 0.1) is 42.2 Å². The van der Waals surface area contributed by atoms with Crippen molar-refractivity contribution >= 4 is 17.6 Å². The highest BCUT2D eigenvalue weighted by atomic mass is 16.6. The van der Waals surface area contributed by atoms with E-state index in [1.54, 1.807) is 0 Å². The van der Waals surface area contributed by atoms with E-state index in [0.29, 0.717) is 0 Å². The Morgan fingerprint density at radius 1 is 0.848 bits per heavy atom. The van der Waals surface area contributed by atoms with Gasteiger partial charge in [0.25, 0.3) is 5.69 Å². The predicted octanol–water partition coefficient (Wildman–Crippen LogP) is 1.41. The lowest BCUT2D eigenvalue weighted by Gasteiger charge is -2.36. The molecule has 0 radical (unpaired) electrons. The third kappa shape index (κ3) is 6.09. The molecule has 9 nitrogen and oxygen atoms in total. The average Bonchev–Trinajstić information content (AvgIpc) is 2.79. The molecule has 9 heteroatoms. The first-order valence-electron chi connectivity index (χ1n) is 11.9. The van der Waals surface area contributed by atoms with Crippen molar-refractivity contribution in [3.05, 3.63) is 39.4 Å². The predicted molar refractivity (Wildman–Crippen MR) is 121 cm³/mol. The normalized spacial score (nSPS) is 18.5. The fraction of sp³-hybridized carbons (Fsp3) is 0.667. The number of esters is 2. The maximum Gasteiger partial charge on any atom is 0.339 e. The number of hydrogen-bond acceptors (Lipinski definition) is 6.